The van der Waals surface area contributed by atoms with Crippen molar-refractivity contribution in [1.29, 1.82) is 0 Å². The summed E-state index contributed by atoms with van der Waals surface area (Å²) >= 11 is 7.42. The fourth-order valence-corrected chi connectivity index (χ4v) is 3.13. The molecule has 96 valence electrons. The molecule has 2 rings (SSSR count). The van der Waals surface area contributed by atoms with Crippen molar-refractivity contribution in [2.24, 2.45) is 0 Å². The Bertz CT molecular complexity index is 533. The maximum Gasteiger partial charge on any atom is 0.0931 e. The van der Waals surface area contributed by atoms with Crippen LogP contribution in [0.4, 0.5) is 0 Å². The molecule has 0 bridgehead atoms. The summed E-state index contributed by atoms with van der Waals surface area (Å²) in [6, 6.07) is 10.2. The molecule has 0 spiro atoms. The largest absolute Gasteiger partial charge is 0.392 e. The molecule has 0 aliphatic carbocycles. The Balaban J connectivity index is 1.98. The number of hydrogen-bond donors (Lipinski definition) is 1. The molecule has 2 aromatic rings. The van der Waals surface area contributed by atoms with E-state index in [1.54, 1.807) is 0 Å². The summed E-state index contributed by atoms with van der Waals surface area (Å²) < 4.78 is 0.781. The molecule has 0 aliphatic rings. The van der Waals surface area contributed by atoms with Crippen LogP contribution in [0.25, 0.3) is 0 Å². The van der Waals surface area contributed by atoms with Crippen LogP contribution >= 0.6 is 22.9 Å². The van der Waals surface area contributed by atoms with Gasteiger partial charge in [0.05, 0.1) is 10.4 Å². The van der Waals surface area contributed by atoms with Crippen LogP contribution in [0.2, 0.25) is 4.34 Å². The number of thiophene rings is 1. The Hall–Kier alpha value is -0.830. The van der Waals surface area contributed by atoms with Gasteiger partial charge in [-0.05, 0) is 49.1 Å². The first-order valence-corrected chi connectivity index (χ1v) is 7.22. The number of benzene rings is 1. The van der Waals surface area contributed by atoms with E-state index >= 15 is 0 Å². The highest BCUT2D eigenvalue weighted by Gasteiger charge is 2.09. The van der Waals surface area contributed by atoms with E-state index in [1.807, 2.05) is 12.1 Å². The Labute approximate surface area is 117 Å². The zero-order chi connectivity index (χ0) is 13.1. The number of halogens is 1. The topological polar surface area (TPSA) is 20.2 Å². The Morgan fingerprint density at radius 2 is 1.89 bits per heavy atom. The average Bonchev–Trinajstić information content (AvgIpc) is 2.69. The van der Waals surface area contributed by atoms with Crippen molar-refractivity contribution in [2.45, 2.75) is 32.8 Å². The maximum absolute atomic E-state index is 10.1. The van der Waals surface area contributed by atoms with Gasteiger partial charge in [-0.2, -0.15) is 0 Å². The van der Waals surface area contributed by atoms with E-state index in [0.717, 1.165) is 9.21 Å². The van der Waals surface area contributed by atoms with E-state index in [0.29, 0.717) is 12.8 Å². The predicted molar refractivity (Wildman–Crippen MR) is 78.7 cm³/mol. The summed E-state index contributed by atoms with van der Waals surface area (Å²) in [6.45, 7) is 4.20. The molecule has 1 atom stereocenters. The minimum Gasteiger partial charge on any atom is -0.392 e. The SMILES string of the molecule is Cc1ccc(CC(O)Cc2ccc(Cl)s2)cc1C. The van der Waals surface area contributed by atoms with Gasteiger partial charge >= 0.3 is 0 Å². The fourth-order valence-electron chi connectivity index (χ4n) is 1.97. The number of aliphatic hydroxyl groups is 1. The highest BCUT2D eigenvalue weighted by Crippen LogP contribution is 2.23. The molecular formula is C15H17ClOS. The zero-order valence-corrected chi connectivity index (χ0v) is 12.2. The van der Waals surface area contributed by atoms with Crippen molar-refractivity contribution in [3.63, 3.8) is 0 Å². The van der Waals surface area contributed by atoms with E-state index in [9.17, 15) is 5.11 Å². The van der Waals surface area contributed by atoms with E-state index in [2.05, 4.69) is 32.0 Å². The maximum atomic E-state index is 10.1. The predicted octanol–water partition coefficient (Wildman–Crippen LogP) is 4.16. The summed E-state index contributed by atoms with van der Waals surface area (Å²) in [7, 11) is 0. The lowest BCUT2D eigenvalue weighted by molar-refractivity contribution is 0.176. The molecule has 0 saturated heterocycles. The molecular weight excluding hydrogens is 264 g/mol. The zero-order valence-electron chi connectivity index (χ0n) is 10.6. The first kappa shape index (κ1) is 13.6. The molecule has 1 nitrogen and oxygen atoms in total. The molecule has 0 fully saturated rings. The van der Waals surface area contributed by atoms with Gasteiger partial charge in [-0.1, -0.05) is 29.8 Å². The number of aliphatic hydroxyl groups excluding tert-OH is 1. The van der Waals surface area contributed by atoms with Gasteiger partial charge in [-0.15, -0.1) is 11.3 Å². The first-order chi connectivity index (χ1) is 8.54. The molecule has 0 amide bonds. The summed E-state index contributed by atoms with van der Waals surface area (Å²) in [5, 5.41) is 10.1. The van der Waals surface area contributed by atoms with Gasteiger partial charge < -0.3 is 5.11 Å². The van der Waals surface area contributed by atoms with Crippen LogP contribution in [0.5, 0.6) is 0 Å². The smallest absolute Gasteiger partial charge is 0.0931 e. The quantitative estimate of drug-likeness (QED) is 0.891. The minimum absolute atomic E-state index is 0.346. The number of hydrogen-bond acceptors (Lipinski definition) is 2. The van der Waals surface area contributed by atoms with Gasteiger partial charge in [-0.3, -0.25) is 0 Å². The van der Waals surface area contributed by atoms with Crippen LogP contribution in [0.15, 0.2) is 30.3 Å². The fraction of sp³-hybridized carbons (Fsp3) is 0.333. The molecule has 1 aromatic heterocycles. The van der Waals surface area contributed by atoms with Crippen molar-refractivity contribution >= 4 is 22.9 Å². The van der Waals surface area contributed by atoms with Crippen LogP contribution in [-0.4, -0.2) is 11.2 Å². The molecule has 18 heavy (non-hydrogen) atoms. The second kappa shape index (κ2) is 5.87. The third-order valence-corrected chi connectivity index (χ3v) is 4.36. The van der Waals surface area contributed by atoms with Gasteiger partial charge in [0, 0.05) is 11.3 Å². The molecule has 3 heteroatoms. The Kier molecular flexibility index (Phi) is 4.44. The summed E-state index contributed by atoms with van der Waals surface area (Å²) in [6.07, 6.45) is 1.02. The van der Waals surface area contributed by atoms with Gasteiger partial charge in [-0.25, -0.2) is 0 Å². The summed E-state index contributed by atoms with van der Waals surface area (Å²) in [4.78, 5) is 1.14. The normalized spacial score (nSPS) is 12.7. The van der Waals surface area contributed by atoms with E-state index in [4.69, 9.17) is 11.6 Å². The van der Waals surface area contributed by atoms with Gasteiger partial charge in [0.15, 0.2) is 0 Å². The molecule has 0 radical (unpaired) electrons. The van der Waals surface area contributed by atoms with Gasteiger partial charge in [0.25, 0.3) is 0 Å². The highest BCUT2D eigenvalue weighted by atomic mass is 35.5. The molecule has 0 aliphatic heterocycles. The standard InChI is InChI=1S/C15H17ClOS/c1-10-3-4-12(7-11(10)2)8-13(17)9-14-5-6-15(16)18-14/h3-7,13,17H,8-9H2,1-2H3. The van der Waals surface area contributed by atoms with E-state index in [-0.39, 0.29) is 6.10 Å². The number of aryl methyl sites for hydroxylation is 2. The third kappa shape index (κ3) is 3.58. The lowest BCUT2D eigenvalue weighted by Crippen LogP contribution is -2.13. The molecule has 0 saturated carbocycles. The van der Waals surface area contributed by atoms with Crippen LogP contribution in [0.3, 0.4) is 0 Å². The molecule has 1 N–H and O–H groups in total. The van der Waals surface area contributed by atoms with Gasteiger partial charge in [0.2, 0.25) is 0 Å². The summed E-state index contributed by atoms with van der Waals surface area (Å²) in [5.41, 5.74) is 3.75. The van der Waals surface area contributed by atoms with Crippen molar-refractivity contribution < 1.29 is 5.11 Å². The Morgan fingerprint density at radius 3 is 2.50 bits per heavy atom. The Morgan fingerprint density at radius 1 is 1.11 bits per heavy atom. The van der Waals surface area contributed by atoms with Gasteiger partial charge in [0.1, 0.15) is 0 Å². The highest BCUT2D eigenvalue weighted by molar-refractivity contribution is 7.16. The van der Waals surface area contributed by atoms with Crippen LogP contribution < -0.4 is 0 Å². The first-order valence-electron chi connectivity index (χ1n) is 6.03. The molecule has 1 aromatic carbocycles. The molecule has 1 unspecified atom stereocenters. The lowest BCUT2D eigenvalue weighted by Gasteiger charge is -2.11. The van der Waals surface area contributed by atoms with Crippen molar-refractivity contribution in [1.82, 2.24) is 0 Å². The summed E-state index contributed by atoms with van der Waals surface area (Å²) in [5.74, 6) is 0. The second-order valence-electron chi connectivity index (χ2n) is 4.69. The van der Waals surface area contributed by atoms with E-state index in [1.165, 1.54) is 28.0 Å². The van der Waals surface area contributed by atoms with Crippen LogP contribution in [0, 0.1) is 13.8 Å². The lowest BCUT2D eigenvalue weighted by atomic mass is 10.0. The second-order valence-corrected chi connectivity index (χ2v) is 6.49. The van der Waals surface area contributed by atoms with Crippen molar-refractivity contribution in [3.8, 4) is 0 Å². The van der Waals surface area contributed by atoms with Crippen LogP contribution in [-0.2, 0) is 12.8 Å². The molecule has 1 heterocycles. The average molecular weight is 281 g/mol. The third-order valence-electron chi connectivity index (χ3n) is 3.11. The number of rotatable bonds is 4. The van der Waals surface area contributed by atoms with Crippen molar-refractivity contribution in [2.75, 3.05) is 0 Å². The van der Waals surface area contributed by atoms with Crippen molar-refractivity contribution in [3.05, 3.63) is 56.2 Å². The minimum atomic E-state index is -0.346. The van der Waals surface area contributed by atoms with E-state index < -0.39 is 0 Å². The van der Waals surface area contributed by atoms with Crippen LogP contribution in [0.1, 0.15) is 21.6 Å². The monoisotopic (exact) mass is 280 g/mol.